The fourth-order valence-electron chi connectivity index (χ4n) is 20.8. The summed E-state index contributed by atoms with van der Waals surface area (Å²) in [6.45, 7) is 0. The predicted molar refractivity (Wildman–Crippen MR) is 590 cm³/mol. The lowest BCUT2D eigenvalue weighted by atomic mass is 9.93. The third-order valence-corrected chi connectivity index (χ3v) is 28.5. The van der Waals surface area contributed by atoms with Crippen LogP contribution in [0.2, 0.25) is 0 Å². The van der Waals surface area contributed by atoms with Gasteiger partial charge >= 0.3 is 0 Å². The maximum absolute atomic E-state index is 6.20. The Bertz CT molecular complexity index is 10000. The van der Waals surface area contributed by atoms with Crippen molar-refractivity contribution in [2.45, 2.75) is 0 Å². The van der Waals surface area contributed by atoms with Crippen LogP contribution in [-0.2, 0) is 0 Å². The molecule has 0 aliphatic heterocycles. The standard InChI is InChI=1S/C45H28N4S.C45H28N4.C39H24N4O/c1-3-13-29(14-4-1)43-46-44(48-45(47-43)32-25-26-36-35-19-8-10-24-40(35)50-41(36)28-32)31-16-11-15-30(27-31)34-21-12-23-39-42(34)37-20-7-9-22-38(37)49(39)33-17-5-2-6-18-33;1-3-14-29(15-4-1)43-46-44(30-26-27-36-34-20-8-7-18-32(34)33-19-9-10-21-35(33)39(36)28-30)48-45(47-43)38-23-13-25-41-42(38)37-22-11-12-24-40(37)49(41)31-16-5-2-6-17-31;1-3-11-25(12-4-1)37-40-38(42-39(41-37)27-20-22-32-31-16-8-10-18-35(31)44-36(32)24-27)26-19-21-30-29-15-7-9-17-33(29)43(34(30)23-26)28-13-5-2-6-14-28/h1-28H;1-28H;1-24H. The Morgan fingerprint density at radius 3 is 0.972 bits per heavy atom. The largest absolute Gasteiger partial charge is 0.456 e. The van der Waals surface area contributed by atoms with Crippen LogP contribution in [0, 0.1) is 0 Å². The molecule has 29 aromatic rings. The summed E-state index contributed by atoms with van der Waals surface area (Å²) in [6.07, 6.45) is 0. The van der Waals surface area contributed by atoms with Crippen molar-refractivity contribution < 1.29 is 4.42 Å². The van der Waals surface area contributed by atoms with Gasteiger partial charge in [0.05, 0.1) is 33.1 Å². The van der Waals surface area contributed by atoms with Crippen molar-refractivity contribution in [3.63, 3.8) is 0 Å². The summed E-state index contributed by atoms with van der Waals surface area (Å²) < 4.78 is 15.7. The van der Waals surface area contributed by atoms with Gasteiger partial charge in [0.25, 0.3) is 0 Å². The third kappa shape index (κ3) is 14.8. The number of hydrogen-bond acceptors (Lipinski definition) is 11. The lowest BCUT2D eigenvalue weighted by Crippen LogP contribution is -2.00. The van der Waals surface area contributed by atoms with E-state index in [1.807, 2.05) is 97.1 Å². The minimum Gasteiger partial charge on any atom is -0.456 e. The van der Waals surface area contributed by atoms with Crippen molar-refractivity contribution in [2.24, 2.45) is 0 Å². The number of fused-ring (bicyclic) bond motifs is 21. The zero-order valence-corrected chi connectivity index (χ0v) is 77.7. The average Bonchev–Trinajstić information content (AvgIpc) is 1.65. The molecule has 0 saturated carbocycles. The molecule has 29 rings (SSSR count). The fraction of sp³-hybridized carbons (Fsp3) is 0. The molecule has 21 aromatic carbocycles. The molecule has 8 aromatic heterocycles. The number of nitrogens with zero attached hydrogens (tertiary/aromatic N) is 12. The highest BCUT2D eigenvalue weighted by Crippen LogP contribution is 2.46. The topological polar surface area (TPSA) is 144 Å². The molecule has 0 aliphatic carbocycles. The molecule has 8 heterocycles. The van der Waals surface area contributed by atoms with Gasteiger partial charge in [0, 0.05) is 130 Å². The molecule has 0 atom stereocenters. The van der Waals surface area contributed by atoms with Gasteiger partial charge in [-0.25, -0.2) is 44.9 Å². The molecular formula is C129H80N12OS. The Morgan fingerprint density at radius 2 is 0.455 bits per heavy atom. The van der Waals surface area contributed by atoms with Gasteiger partial charge in [-0.3, -0.25) is 0 Å². The SMILES string of the molecule is c1ccc(-c2nc(-c3ccc4c(c3)oc3ccccc34)nc(-c3ccc4c5ccccc5n(-c5ccccc5)c4c3)n2)cc1.c1ccc(-c2nc(-c3ccc4c5ccccc5c5ccccc5c4c3)nc(-c3cccc4c3c3ccccc3n4-c3ccccc3)n2)cc1.c1ccc(-c2nc(-c3cccc(-c4cccc5c4c4ccccc4n5-c4ccccc4)c3)nc(-c3ccc4c(c3)sc3ccccc34)n2)cc1. The molecule has 0 aliphatic rings. The number of aromatic nitrogens is 12. The van der Waals surface area contributed by atoms with Gasteiger partial charge in [-0.15, -0.1) is 11.3 Å². The van der Waals surface area contributed by atoms with Gasteiger partial charge in [-0.05, 0) is 159 Å². The van der Waals surface area contributed by atoms with Crippen LogP contribution in [0.4, 0.5) is 0 Å². The highest BCUT2D eigenvalue weighted by Gasteiger charge is 2.26. The number of thiophene rings is 1. The summed E-state index contributed by atoms with van der Waals surface area (Å²) in [5.74, 6) is 5.73. The van der Waals surface area contributed by atoms with E-state index < -0.39 is 0 Å². The Balaban J connectivity index is 0.000000107. The van der Waals surface area contributed by atoms with Crippen LogP contribution >= 0.6 is 11.3 Å². The lowest BCUT2D eigenvalue weighted by molar-refractivity contribution is 0.669. The van der Waals surface area contributed by atoms with Gasteiger partial charge in [0.15, 0.2) is 52.4 Å². The molecule has 0 saturated heterocycles. The molecule has 14 heteroatoms. The molecule has 0 amide bonds. The number of rotatable bonds is 13. The molecule has 0 unspecified atom stereocenters. The summed E-state index contributed by atoms with van der Waals surface area (Å²) in [7, 11) is 0. The van der Waals surface area contributed by atoms with E-state index >= 15 is 0 Å². The van der Waals surface area contributed by atoms with Crippen LogP contribution in [0.15, 0.2) is 490 Å². The van der Waals surface area contributed by atoms with Gasteiger partial charge in [-0.2, -0.15) is 0 Å². The van der Waals surface area contributed by atoms with E-state index in [9.17, 15) is 0 Å². The summed E-state index contributed by atoms with van der Waals surface area (Å²) in [5.41, 5.74) is 22.6. The van der Waals surface area contributed by atoms with E-state index in [1.165, 1.54) is 90.6 Å². The first-order valence-corrected chi connectivity index (χ1v) is 48.7. The van der Waals surface area contributed by atoms with Crippen LogP contribution in [-0.4, -0.2) is 58.6 Å². The van der Waals surface area contributed by atoms with Crippen molar-refractivity contribution in [3.8, 4) is 131 Å². The van der Waals surface area contributed by atoms with E-state index in [0.29, 0.717) is 52.4 Å². The molecule has 143 heavy (non-hydrogen) atoms. The Hall–Kier alpha value is -19.2. The van der Waals surface area contributed by atoms with Crippen molar-refractivity contribution in [1.29, 1.82) is 0 Å². The van der Waals surface area contributed by atoms with Gasteiger partial charge < -0.3 is 18.1 Å². The van der Waals surface area contributed by atoms with E-state index in [0.717, 1.165) is 127 Å². The third-order valence-electron chi connectivity index (χ3n) is 27.3. The number of benzene rings is 21. The summed E-state index contributed by atoms with van der Waals surface area (Å²) in [4.78, 5) is 45.8. The first-order chi connectivity index (χ1) is 70.9. The predicted octanol–water partition coefficient (Wildman–Crippen LogP) is 33.3. The van der Waals surface area contributed by atoms with E-state index in [4.69, 9.17) is 49.3 Å². The molecule has 0 N–H and O–H groups in total. The van der Waals surface area contributed by atoms with Crippen LogP contribution in [0.3, 0.4) is 0 Å². The van der Waals surface area contributed by atoms with E-state index in [-0.39, 0.29) is 0 Å². The highest BCUT2D eigenvalue weighted by molar-refractivity contribution is 7.25. The average molecular weight is 1850 g/mol. The molecule has 0 spiro atoms. The minimum absolute atomic E-state index is 0.597. The normalized spacial score (nSPS) is 11.6. The van der Waals surface area contributed by atoms with Crippen LogP contribution in [0.1, 0.15) is 0 Å². The molecule has 0 radical (unpaired) electrons. The maximum Gasteiger partial charge on any atom is 0.164 e. The second-order valence-corrected chi connectivity index (χ2v) is 36.8. The number of furan rings is 1. The maximum atomic E-state index is 6.20. The first kappa shape index (κ1) is 83.2. The van der Waals surface area contributed by atoms with Crippen molar-refractivity contribution in [1.82, 2.24) is 58.6 Å². The molecular weight excluding hydrogens is 1770 g/mol. The second-order valence-electron chi connectivity index (χ2n) is 35.8. The molecule has 668 valence electrons. The van der Waals surface area contributed by atoms with Crippen LogP contribution < -0.4 is 0 Å². The number of hydrogen-bond donors (Lipinski definition) is 0. The number of para-hydroxylation sites is 7. The first-order valence-electron chi connectivity index (χ1n) is 47.9. The van der Waals surface area contributed by atoms with Crippen molar-refractivity contribution in [3.05, 3.63) is 485 Å². The second kappa shape index (κ2) is 35.1. The van der Waals surface area contributed by atoms with Crippen LogP contribution in [0.25, 0.3) is 271 Å². The van der Waals surface area contributed by atoms with Gasteiger partial charge in [-0.1, -0.05) is 370 Å². The zero-order valence-electron chi connectivity index (χ0n) is 76.9. The Morgan fingerprint density at radius 1 is 0.154 bits per heavy atom. The lowest BCUT2D eigenvalue weighted by Gasteiger charge is -2.13. The minimum atomic E-state index is 0.597. The molecule has 0 fully saturated rings. The summed E-state index contributed by atoms with van der Waals surface area (Å²) in [5, 5.41) is 19.2. The summed E-state index contributed by atoms with van der Waals surface area (Å²) in [6, 6.07) is 169. The monoisotopic (exact) mass is 1840 g/mol. The van der Waals surface area contributed by atoms with Crippen molar-refractivity contribution in [2.75, 3.05) is 0 Å². The van der Waals surface area contributed by atoms with Gasteiger partial charge in [0.1, 0.15) is 11.2 Å². The van der Waals surface area contributed by atoms with E-state index in [2.05, 4.69) is 402 Å². The molecule has 0 bridgehead atoms. The Labute approximate surface area is 824 Å². The summed E-state index contributed by atoms with van der Waals surface area (Å²) >= 11 is 1.80. The zero-order chi connectivity index (χ0) is 94.4. The van der Waals surface area contributed by atoms with Crippen LogP contribution in [0.5, 0.6) is 0 Å². The fourth-order valence-corrected chi connectivity index (χ4v) is 21.9. The quantitative estimate of drug-likeness (QED) is 0.102. The highest BCUT2D eigenvalue weighted by atomic mass is 32.1. The van der Waals surface area contributed by atoms with Crippen molar-refractivity contribution >= 4 is 151 Å². The van der Waals surface area contributed by atoms with Gasteiger partial charge in [0.2, 0.25) is 0 Å². The van der Waals surface area contributed by atoms with E-state index in [1.54, 1.807) is 11.3 Å². The Kier molecular flexibility index (Phi) is 20.5. The molecule has 13 nitrogen and oxygen atoms in total. The smallest absolute Gasteiger partial charge is 0.164 e.